The van der Waals surface area contributed by atoms with Crippen LogP contribution in [0.1, 0.15) is 80.3 Å². The van der Waals surface area contributed by atoms with E-state index in [4.69, 9.17) is 4.74 Å². The van der Waals surface area contributed by atoms with E-state index in [0.29, 0.717) is 30.5 Å². The zero-order valence-corrected chi connectivity index (χ0v) is 21.4. The molecule has 4 heterocycles. The van der Waals surface area contributed by atoms with Crippen LogP contribution in [0.4, 0.5) is 4.79 Å². The second-order valence-corrected chi connectivity index (χ2v) is 11.5. The van der Waals surface area contributed by atoms with Crippen molar-refractivity contribution in [3.05, 3.63) is 34.9 Å². The molecule has 1 aromatic rings. The average molecular weight is 497 g/mol. The van der Waals surface area contributed by atoms with Crippen molar-refractivity contribution in [3.8, 4) is 0 Å². The summed E-state index contributed by atoms with van der Waals surface area (Å²) in [4.78, 5) is 55.1. The molecule has 5 rings (SSSR count). The number of hydrogen-bond acceptors (Lipinski definition) is 6. The highest BCUT2D eigenvalue weighted by molar-refractivity contribution is 6.05. The molecule has 0 aromatic heterocycles. The fraction of sp³-hybridized carbons (Fsp3) is 0.630. The summed E-state index contributed by atoms with van der Waals surface area (Å²) >= 11 is 0. The third kappa shape index (κ3) is 4.98. The summed E-state index contributed by atoms with van der Waals surface area (Å²) < 4.78 is 5.54. The number of piperidine rings is 2. The fourth-order valence-corrected chi connectivity index (χ4v) is 5.98. The first-order valence-electron chi connectivity index (χ1n) is 13.1. The van der Waals surface area contributed by atoms with Crippen LogP contribution in [0.25, 0.3) is 0 Å². The molecule has 0 spiro atoms. The first-order valence-corrected chi connectivity index (χ1v) is 13.1. The number of hydrogen-bond donors (Lipinski definition) is 1. The van der Waals surface area contributed by atoms with Crippen LogP contribution in [0, 0.1) is 0 Å². The molecule has 0 bridgehead atoms. The highest BCUT2D eigenvalue weighted by Crippen LogP contribution is 2.34. The summed E-state index contributed by atoms with van der Waals surface area (Å²) in [6.07, 6.45) is 3.46. The topological polar surface area (TPSA) is 99.3 Å². The predicted octanol–water partition coefficient (Wildman–Crippen LogP) is 2.64. The van der Waals surface area contributed by atoms with E-state index in [9.17, 15) is 19.2 Å². The molecular weight excluding hydrogens is 460 g/mol. The van der Waals surface area contributed by atoms with E-state index in [2.05, 4.69) is 22.3 Å². The lowest BCUT2D eigenvalue weighted by Crippen LogP contribution is -2.52. The zero-order valence-electron chi connectivity index (χ0n) is 21.4. The lowest BCUT2D eigenvalue weighted by molar-refractivity contribution is -0.136. The van der Waals surface area contributed by atoms with Crippen molar-refractivity contribution in [2.24, 2.45) is 0 Å². The van der Waals surface area contributed by atoms with Gasteiger partial charge in [-0.2, -0.15) is 0 Å². The van der Waals surface area contributed by atoms with Gasteiger partial charge in [-0.3, -0.25) is 24.6 Å². The van der Waals surface area contributed by atoms with Gasteiger partial charge in [0.05, 0.1) is 0 Å². The molecule has 0 aliphatic carbocycles. The van der Waals surface area contributed by atoms with Gasteiger partial charge in [0.25, 0.3) is 5.91 Å². The molecule has 1 aromatic carbocycles. The van der Waals surface area contributed by atoms with Crippen LogP contribution in [0.2, 0.25) is 0 Å². The van der Waals surface area contributed by atoms with Crippen LogP contribution in [0.5, 0.6) is 0 Å². The van der Waals surface area contributed by atoms with Gasteiger partial charge < -0.3 is 14.5 Å². The molecule has 3 fully saturated rings. The van der Waals surface area contributed by atoms with E-state index in [1.54, 1.807) is 4.90 Å². The Morgan fingerprint density at radius 1 is 1.03 bits per heavy atom. The quantitative estimate of drug-likeness (QED) is 0.646. The molecule has 0 saturated carbocycles. The van der Waals surface area contributed by atoms with Crippen molar-refractivity contribution in [2.75, 3.05) is 26.2 Å². The van der Waals surface area contributed by atoms with Gasteiger partial charge in [0.15, 0.2) is 0 Å². The van der Waals surface area contributed by atoms with Crippen LogP contribution in [-0.4, -0.2) is 82.4 Å². The van der Waals surface area contributed by atoms with Crippen molar-refractivity contribution in [2.45, 2.75) is 83.0 Å². The Morgan fingerprint density at radius 3 is 2.47 bits per heavy atom. The number of ether oxygens (including phenoxy) is 1. The Balaban J connectivity index is 1.17. The highest BCUT2D eigenvalue weighted by atomic mass is 16.6. The molecular formula is C27H36N4O5. The Hall–Kier alpha value is -2.94. The van der Waals surface area contributed by atoms with Crippen molar-refractivity contribution >= 4 is 23.8 Å². The number of carbonyl (C=O) groups excluding carboxylic acids is 4. The summed E-state index contributed by atoms with van der Waals surface area (Å²) in [7, 11) is 0. The monoisotopic (exact) mass is 496 g/mol. The molecule has 1 N–H and O–H groups in total. The number of carbonyl (C=O) groups is 4. The largest absolute Gasteiger partial charge is 0.444 e. The summed E-state index contributed by atoms with van der Waals surface area (Å²) in [5.41, 5.74) is 2.39. The predicted molar refractivity (Wildman–Crippen MR) is 132 cm³/mol. The van der Waals surface area contributed by atoms with Crippen molar-refractivity contribution < 1.29 is 23.9 Å². The number of benzene rings is 1. The van der Waals surface area contributed by atoms with Crippen LogP contribution in [-0.2, 0) is 20.9 Å². The van der Waals surface area contributed by atoms with Crippen LogP contribution in [0.3, 0.4) is 0 Å². The average Bonchev–Trinajstić information content (AvgIpc) is 3.44. The minimum atomic E-state index is -0.582. The van der Waals surface area contributed by atoms with Gasteiger partial charge in [0.2, 0.25) is 11.8 Å². The van der Waals surface area contributed by atoms with E-state index in [1.165, 1.54) is 5.56 Å². The van der Waals surface area contributed by atoms with Gasteiger partial charge in [0, 0.05) is 37.7 Å². The van der Waals surface area contributed by atoms with Crippen LogP contribution < -0.4 is 5.32 Å². The van der Waals surface area contributed by atoms with E-state index in [1.807, 2.05) is 31.7 Å². The fourth-order valence-electron chi connectivity index (χ4n) is 5.98. The minimum Gasteiger partial charge on any atom is -0.444 e. The molecule has 2 atom stereocenters. The van der Waals surface area contributed by atoms with Crippen molar-refractivity contribution in [1.82, 2.24) is 20.0 Å². The Bertz CT molecular complexity index is 1070. The molecule has 4 aliphatic rings. The summed E-state index contributed by atoms with van der Waals surface area (Å²) in [5, 5.41) is 2.36. The molecule has 3 saturated heterocycles. The van der Waals surface area contributed by atoms with E-state index < -0.39 is 11.6 Å². The first kappa shape index (κ1) is 24.7. The van der Waals surface area contributed by atoms with Gasteiger partial charge in [-0.15, -0.1) is 0 Å². The molecule has 4 aliphatic heterocycles. The standard InChI is InChI=1S/C27H36N4O5/c1-27(2,3)36-26(35)30-13-10-20(16-30)29-11-8-17(9-12-29)18-4-5-21-19(14-18)15-31(25(21)34)22-6-7-23(32)28-24(22)33/h4-5,14,17,20,22H,6-13,15-16H2,1-3H3,(H,28,32,33). The zero-order chi connectivity index (χ0) is 25.6. The third-order valence-electron chi connectivity index (χ3n) is 7.88. The number of nitrogens with zero attached hydrogens (tertiary/aromatic N) is 3. The molecule has 9 heteroatoms. The molecule has 2 unspecified atom stereocenters. The highest BCUT2D eigenvalue weighted by Gasteiger charge is 2.40. The van der Waals surface area contributed by atoms with Gasteiger partial charge >= 0.3 is 6.09 Å². The van der Waals surface area contributed by atoms with Crippen molar-refractivity contribution in [3.63, 3.8) is 0 Å². The normalized spacial score (nSPS) is 25.8. The number of likely N-dealkylation sites (tertiary alicyclic amines) is 2. The summed E-state index contributed by atoms with van der Waals surface area (Å²) in [6, 6.07) is 5.89. The molecule has 9 nitrogen and oxygen atoms in total. The third-order valence-corrected chi connectivity index (χ3v) is 7.88. The van der Waals surface area contributed by atoms with Gasteiger partial charge in [-0.05, 0) is 82.7 Å². The minimum absolute atomic E-state index is 0.128. The number of amides is 4. The summed E-state index contributed by atoms with van der Waals surface area (Å²) in [5.74, 6) is -0.354. The maximum Gasteiger partial charge on any atom is 0.410 e. The SMILES string of the molecule is CC(C)(C)OC(=O)N1CCC(N2CCC(c3ccc4c(c3)CN(C3CCC(=O)NC3=O)C4=O)CC2)C1. The number of nitrogens with one attached hydrogen (secondary N) is 1. The van der Waals surface area contributed by atoms with Gasteiger partial charge in [-0.25, -0.2) is 4.79 Å². The number of fused-ring (bicyclic) bond motifs is 1. The van der Waals surface area contributed by atoms with Crippen molar-refractivity contribution in [1.29, 1.82) is 0 Å². The Morgan fingerprint density at radius 2 is 1.78 bits per heavy atom. The maximum atomic E-state index is 13.0. The van der Waals surface area contributed by atoms with Crippen LogP contribution in [0.15, 0.2) is 18.2 Å². The molecule has 4 amide bonds. The number of imide groups is 1. The number of rotatable bonds is 3. The van der Waals surface area contributed by atoms with E-state index in [0.717, 1.165) is 51.0 Å². The van der Waals surface area contributed by atoms with Gasteiger partial charge in [0.1, 0.15) is 11.6 Å². The lowest BCUT2D eigenvalue weighted by Gasteiger charge is -2.36. The first-order chi connectivity index (χ1) is 17.1. The molecule has 0 radical (unpaired) electrons. The maximum absolute atomic E-state index is 13.0. The smallest absolute Gasteiger partial charge is 0.410 e. The second-order valence-electron chi connectivity index (χ2n) is 11.5. The van der Waals surface area contributed by atoms with E-state index >= 15 is 0 Å². The summed E-state index contributed by atoms with van der Waals surface area (Å²) in [6.45, 7) is 9.51. The lowest BCUT2D eigenvalue weighted by atomic mass is 9.87. The van der Waals surface area contributed by atoms with Gasteiger partial charge in [-0.1, -0.05) is 12.1 Å². The second kappa shape index (κ2) is 9.50. The van der Waals surface area contributed by atoms with E-state index in [-0.39, 0.29) is 30.2 Å². The van der Waals surface area contributed by atoms with Crippen LogP contribution >= 0.6 is 0 Å². The molecule has 194 valence electrons. The Labute approximate surface area is 212 Å². The molecule has 36 heavy (non-hydrogen) atoms. The Kier molecular flexibility index (Phi) is 6.53.